The van der Waals surface area contributed by atoms with Crippen LogP contribution in [-0.2, 0) is 17.1 Å². The molecule has 0 spiro atoms. The van der Waals surface area contributed by atoms with Crippen molar-refractivity contribution in [2.24, 2.45) is 0 Å². The van der Waals surface area contributed by atoms with Gasteiger partial charge in [-0.25, -0.2) is 0 Å². The van der Waals surface area contributed by atoms with Gasteiger partial charge < -0.3 is 0 Å². The van der Waals surface area contributed by atoms with Gasteiger partial charge in [0.2, 0.25) is 0 Å². The van der Waals surface area contributed by atoms with E-state index in [9.17, 15) is 0 Å². The van der Waals surface area contributed by atoms with Crippen LogP contribution < -0.4 is 0 Å². The zero-order valence-corrected chi connectivity index (χ0v) is 3.84. The van der Waals surface area contributed by atoms with Crippen molar-refractivity contribution in [1.29, 1.82) is 0 Å². The van der Waals surface area contributed by atoms with E-state index in [0.29, 0.717) is 0 Å². The average molecular weight is 247 g/mol. The molecule has 0 aliphatic heterocycles. The van der Waals surface area contributed by atoms with E-state index in [1.807, 2.05) is 0 Å². The van der Waals surface area contributed by atoms with Crippen LogP contribution in [-0.4, -0.2) is 54.2 Å². The molecule has 0 amide bonds. The Bertz CT molecular complexity index is 8.00. The van der Waals surface area contributed by atoms with E-state index < -0.39 is 0 Å². The van der Waals surface area contributed by atoms with Crippen molar-refractivity contribution in [2.75, 3.05) is 0 Å². The first-order chi connectivity index (χ1) is 0. The molecule has 0 rings (SSSR count). The topological polar surface area (TPSA) is 0 Å². The molecule has 4 heteroatoms. The Morgan fingerprint density at radius 3 is 1.00 bits per heavy atom. The van der Waals surface area contributed by atoms with Gasteiger partial charge >= 0.3 is 36.9 Å². The molecule has 0 heterocycles. The van der Waals surface area contributed by atoms with Crippen molar-refractivity contribution in [3.8, 4) is 0 Å². The summed E-state index contributed by atoms with van der Waals surface area (Å²) in [6, 6.07) is 0. The molecule has 4 heavy (non-hydrogen) atoms. The molecule has 1 radical (unpaired) electrons. The molecule has 0 aliphatic rings. The number of hydrogen-bond acceptors (Lipinski definition) is 0. The van der Waals surface area contributed by atoms with Crippen LogP contribution in [0.5, 0.6) is 0 Å². The Kier molecular flexibility index (Phi) is 163. The van der Waals surface area contributed by atoms with Crippen LogP contribution in [0.15, 0.2) is 0 Å². The van der Waals surface area contributed by atoms with E-state index in [4.69, 9.17) is 0 Å². The van der Waals surface area contributed by atoms with Gasteiger partial charge in [0.15, 0.2) is 17.4 Å². The summed E-state index contributed by atoms with van der Waals surface area (Å²) in [5, 5.41) is 0. The predicted molar refractivity (Wildman–Crippen MR) is 28.4 cm³/mol. The normalized spacial score (nSPS) is 0. The van der Waals surface area contributed by atoms with E-state index in [-0.39, 0.29) is 71.3 Å². The van der Waals surface area contributed by atoms with E-state index in [1.54, 1.807) is 0 Å². The Morgan fingerprint density at radius 1 is 1.00 bits per heavy atom. The fraction of sp³-hybridized carbons (Fsp3) is 0. The fourth-order valence-electron chi connectivity index (χ4n) is 0. The molecule has 0 aromatic heterocycles. The van der Waals surface area contributed by atoms with Crippen molar-refractivity contribution in [3.63, 3.8) is 0 Å². The molecular weight excluding hydrogens is 239 g/mol. The second kappa shape index (κ2) is 18.9. The van der Waals surface area contributed by atoms with Gasteiger partial charge in [-0.05, 0) is 0 Å². The van der Waals surface area contributed by atoms with Crippen LogP contribution >= 0.6 is 0 Å². The van der Waals surface area contributed by atoms with Gasteiger partial charge in [0.1, 0.15) is 0 Å². The van der Waals surface area contributed by atoms with Crippen LogP contribution in [0.2, 0.25) is 0 Å². The monoisotopic (exact) mass is 247 g/mol. The van der Waals surface area contributed by atoms with Crippen LogP contribution in [0.25, 0.3) is 0 Å². The first-order valence-corrected chi connectivity index (χ1v) is 0. The Hall–Kier alpha value is 2.21. The standard InChI is InChI=1S/Al.Cu.Ga.H2Se.6H/h;;;1H2;;;;;;. The fourth-order valence-corrected chi connectivity index (χ4v) is 0. The third-order valence-electron chi connectivity index (χ3n) is 0. The third-order valence-corrected chi connectivity index (χ3v) is 0. The van der Waals surface area contributed by atoms with Crippen molar-refractivity contribution in [2.45, 2.75) is 0 Å². The molecule has 0 aromatic carbocycles. The summed E-state index contributed by atoms with van der Waals surface area (Å²) < 4.78 is 0. The van der Waals surface area contributed by atoms with Crippen LogP contribution in [0.3, 0.4) is 0 Å². The zero-order chi connectivity index (χ0) is 0. The Balaban J connectivity index is 0. The summed E-state index contributed by atoms with van der Waals surface area (Å²) in [7, 11) is 0. The molecule has 0 aromatic rings. The van der Waals surface area contributed by atoms with Crippen molar-refractivity contribution >= 4 is 54.2 Å². The van der Waals surface area contributed by atoms with Crippen molar-refractivity contribution in [1.82, 2.24) is 0 Å². The maximum absolute atomic E-state index is 0. The minimum atomic E-state index is 0. The molecule has 0 saturated heterocycles. The molecule has 0 aliphatic carbocycles. The van der Waals surface area contributed by atoms with E-state index in [2.05, 4.69) is 0 Å². The first kappa shape index (κ1) is 34.5. The zero-order valence-electron chi connectivity index (χ0n) is 0.802. The molecule has 0 nitrogen and oxygen atoms in total. The predicted octanol–water partition coefficient (Wildman–Crippen LogP) is -3.29. The second-order valence-electron chi connectivity index (χ2n) is 0. The van der Waals surface area contributed by atoms with Gasteiger partial charge in [0.05, 0.1) is 0 Å². The van der Waals surface area contributed by atoms with Crippen LogP contribution in [0.1, 0.15) is 0 Å². The van der Waals surface area contributed by atoms with Gasteiger partial charge in [-0.1, -0.05) is 0 Å². The molecule has 0 N–H and O–H groups in total. The molecule has 0 unspecified atom stereocenters. The van der Waals surface area contributed by atoms with Gasteiger partial charge in [0.25, 0.3) is 0 Å². The van der Waals surface area contributed by atoms with E-state index in [0.717, 1.165) is 0 Å². The van der Waals surface area contributed by atoms with E-state index in [1.165, 1.54) is 0 Å². The molecule has 0 bridgehead atoms. The quantitative estimate of drug-likeness (QED) is 0.394. The van der Waals surface area contributed by atoms with Crippen molar-refractivity contribution in [3.05, 3.63) is 0 Å². The van der Waals surface area contributed by atoms with Crippen LogP contribution in [0, 0.1) is 0 Å². The third kappa shape index (κ3) is 8.88. The summed E-state index contributed by atoms with van der Waals surface area (Å²) in [6.45, 7) is 0. The number of hydrogen-bond donors (Lipinski definition) is 0. The summed E-state index contributed by atoms with van der Waals surface area (Å²) >= 11 is 0. The molecule has 31 valence electrons. The Labute approximate surface area is 70.6 Å². The van der Waals surface area contributed by atoms with Crippen molar-refractivity contribution < 1.29 is 17.1 Å². The van der Waals surface area contributed by atoms with Gasteiger partial charge in [-0.15, -0.1) is 0 Å². The molecular formula is H8AlCuGaSe. The first-order valence-electron chi connectivity index (χ1n) is 0. The second-order valence-corrected chi connectivity index (χ2v) is 0. The Morgan fingerprint density at radius 2 is 1.00 bits per heavy atom. The van der Waals surface area contributed by atoms with Crippen LogP contribution in [0.4, 0.5) is 0 Å². The summed E-state index contributed by atoms with van der Waals surface area (Å²) in [5.41, 5.74) is 0. The summed E-state index contributed by atoms with van der Waals surface area (Å²) in [6.07, 6.45) is 0. The molecule has 0 atom stereocenters. The average Bonchev–Trinajstić information content (AvgIpc) is 0. The van der Waals surface area contributed by atoms with Gasteiger partial charge in [-0.3, -0.25) is 0 Å². The minimum absolute atomic E-state index is 0. The SMILES string of the molecule is [AlH3].[Cu].[GaH3].[SeH2]. The summed E-state index contributed by atoms with van der Waals surface area (Å²) in [5.74, 6) is 0. The van der Waals surface area contributed by atoms with Gasteiger partial charge in [0, 0.05) is 17.1 Å². The van der Waals surface area contributed by atoms with Gasteiger partial charge in [-0.2, -0.15) is 0 Å². The maximum atomic E-state index is 0. The molecule has 0 fully saturated rings. The summed E-state index contributed by atoms with van der Waals surface area (Å²) in [4.78, 5) is 0. The van der Waals surface area contributed by atoms with E-state index >= 15 is 0 Å². The number of rotatable bonds is 0. The molecule has 0 saturated carbocycles.